The summed E-state index contributed by atoms with van der Waals surface area (Å²) in [4.78, 5) is 15.8. The second kappa shape index (κ2) is 22.6. The van der Waals surface area contributed by atoms with Crippen molar-refractivity contribution in [2.45, 2.75) is 139 Å². The first-order chi connectivity index (χ1) is 20.8. The molecule has 0 amide bonds. The summed E-state index contributed by atoms with van der Waals surface area (Å²) >= 11 is 0. The molecule has 0 unspecified atom stereocenters. The summed E-state index contributed by atoms with van der Waals surface area (Å²) in [5.41, 5.74) is 15.7. The van der Waals surface area contributed by atoms with Crippen LogP contribution in [0.4, 0.5) is 11.4 Å². The van der Waals surface area contributed by atoms with E-state index in [-0.39, 0.29) is 43.4 Å². The van der Waals surface area contributed by atoms with E-state index >= 15 is 0 Å². The molecule has 0 saturated carbocycles. The Bertz CT molecular complexity index is 1270. The Balaban J connectivity index is 0.00000675. The van der Waals surface area contributed by atoms with Gasteiger partial charge in [0.2, 0.25) is 0 Å². The van der Waals surface area contributed by atoms with Crippen molar-refractivity contribution < 1.29 is 43.4 Å². The van der Waals surface area contributed by atoms with Gasteiger partial charge in [-0.05, 0) is 110 Å². The van der Waals surface area contributed by atoms with Crippen LogP contribution in [-0.2, 0) is 57.1 Å². The minimum absolute atomic E-state index is 0. The van der Waals surface area contributed by atoms with Crippen molar-refractivity contribution in [3.8, 4) is 0 Å². The number of hydrogen-bond donors (Lipinski definition) is 0. The Morgan fingerprint density at radius 2 is 0.783 bits per heavy atom. The molecule has 0 bridgehead atoms. The molecule has 0 N–H and O–H groups in total. The fraction of sp³-hybridized carbons (Fsp3) is 0.525. The van der Waals surface area contributed by atoms with E-state index in [0.717, 1.165) is 98.4 Å². The number of aliphatic imine (C=N–C) groups is 2. The second-order valence-electron chi connectivity index (χ2n) is 12.3. The third kappa shape index (κ3) is 12.3. The number of nitrogens with zero attached hydrogens (tertiary/aromatic N) is 3. The fourth-order valence-corrected chi connectivity index (χ4v) is 6.15. The summed E-state index contributed by atoms with van der Waals surface area (Å²) < 4.78 is 0. The van der Waals surface area contributed by atoms with E-state index < -0.39 is 0 Å². The Hall–Kier alpha value is -1.91. The summed E-state index contributed by atoms with van der Waals surface area (Å²) in [6.45, 7) is 20.0. The molecule has 3 aromatic rings. The van der Waals surface area contributed by atoms with Crippen molar-refractivity contribution in [3.63, 3.8) is 0 Å². The quantitative estimate of drug-likeness (QED) is 0.185. The number of halogens is 2. The average Bonchev–Trinajstić information content (AvgIpc) is 2.97. The van der Waals surface area contributed by atoms with E-state index in [9.17, 15) is 0 Å². The summed E-state index contributed by atoms with van der Waals surface area (Å²) in [5, 5.41) is 0. The van der Waals surface area contributed by atoms with Gasteiger partial charge in [-0.3, -0.25) is 9.98 Å². The van der Waals surface area contributed by atoms with Gasteiger partial charge in [-0.2, -0.15) is 0 Å². The van der Waals surface area contributed by atoms with Crippen LogP contribution >= 0.6 is 0 Å². The monoisotopic (exact) mass is 700 g/mol. The Morgan fingerprint density at radius 3 is 1.04 bits per heavy atom. The molecule has 0 saturated heterocycles. The van der Waals surface area contributed by atoms with Gasteiger partial charge < -0.3 is 24.8 Å². The summed E-state index contributed by atoms with van der Waals surface area (Å²) in [7, 11) is 0. The van der Waals surface area contributed by atoms with E-state index in [2.05, 4.69) is 98.7 Å². The maximum Gasteiger partial charge on any atom is 2.00 e. The van der Waals surface area contributed by atoms with E-state index in [0.29, 0.717) is 0 Å². The Morgan fingerprint density at radius 1 is 0.500 bits per heavy atom. The molecule has 0 aliphatic heterocycles. The van der Waals surface area contributed by atoms with Crippen LogP contribution in [-0.4, -0.2) is 16.4 Å². The Kier molecular flexibility index (Phi) is 21.7. The first kappa shape index (κ1) is 44.1. The van der Waals surface area contributed by atoms with Gasteiger partial charge in [-0.15, -0.1) is 0 Å². The molecule has 1 radical (unpaired) electrons. The van der Waals surface area contributed by atoms with Crippen LogP contribution < -0.4 is 24.8 Å². The van der Waals surface area contributed by atoms with Crippen molar-refractivity contribution in [2.75, 3.05) is 0 Å². The van der Waals surface area contributed by atoms with Crippen LogP contribution in [0, 0.1) is 6.92 Å². The molecular formula is C40H57Cl2N3V. The summed E-state index contributed by atoms with van der Waals surface area (Å²) in [6, 6.07) is 13.9. The molecule has 1 heterocycles. The third-order valence-corrected chi connectivity index (χ3v) is 8.08. The van der Waals surface area contributed by atoms with Crippen LogP contribution in [0.5, 0.6) is 0 Å². The van der Waals surface area contributed by atoms with Gasteiger partial charge in [0.05, 0.1) is 34.2 Å². The van der Waals surface area contributed by atoms with Gasteiger partial charge in [0.1, 0.15) is 0 Å². The molecule has 46 heavy (non-hydrogen) atoms. The molecule has 251 valence electrons. The van der Waals surface area contributed by atoms with Crippen molar-refractivity contribution in [1.29, 1.82) is 0 Å². The first-order valence-electron chi connectivity index (χ1n) is 17.2. The van der Waals surface area contributed by atoms with E-state index in [1.807, 2.05) is 0 Å². The number of rotatable bonds is 16. The molecule has 3 nitrogen and oxygen atoms in total. The number of aryl methyl sites for hydroxylation is 7. The SMILES string of the molecule is CCCc1cc(CCC)c(N=C(C)c2cc(C)cc(C(C)=Nc3c(CCC)cc(CCC)cc3CCC)n2)c(CCC)c1.[Cl-].[Cl-].[V+2]. The van der Waals surface area contributed by atoms with Gasteiger partial charge >= 0.3 is 18.6 Å². The van der Waals surface area contributed by atoms with Crippen molar-refractivity contribution in [3.05, 3.63) is 86.7 Å². The first-order valence-corrected chi connectivity index (χ1v) is 17.2. The smallest absolute Gasteiger partial charge is 1.00 e. The molecule has 0 aliphatic carbocycles. The zero-order valence-electron chi connectivity index (χ0n) is 30.0. The minimum atomic E-state index is 0. The topological polar surface area (TPSA) is 37.6 Å². The fourth-order valence-electron chi connectivity index (χ4n) is 6.15. The molecule has 0 spiro atoms. The van der Waals surface area contributed by atoms with Gasteiger partial charge in [0, 0.05) is 0 Å². The maximum absolute atomic E-state index is 5.31. The van der Waals surface area contributed by atoms with Crippen molar-refractivity contribution >= 4 is 22.8 Å². The zero-order valence-corrected chi connectivity index (χ0v) is 32.9. The molecular weight excluding hydrogens is 644 g/mol. The van der Waals surface area contributed by atoms with E-state index in [4.69, 9.17) is 15.0 Å². The van der Waals surface area contributed by atoms with Crippen LogP contribution in [0.25, 0.3) is 0 Å². The molecule has 0 fully saturated rings. The molecule has 3 rings (SSSR count). The maximum atomic E-state index is 5.31. The van der Waals surface area contributed by atoms with Gasteiger partial charge in [0.15, 0.2) is 0 Å². The molecule has 0 atom stereocenters. The average molecular weight is 702 g/mol. The zero-order chi connectivity index (χ0) is 31.4. The van der Waals surface area contributed by atoms with Crippen molar-refractivity contribution in [1.82, 2.24) is 4.98 Å². The predicted octanol–water partition coefficient (Wildman–Crippen LogP) is 5.39. The van der Waals surface area contributed by atoms with E-state index in [1.54, 1.807) is 0 Å². The van der Waals surface area contributed by atoms with Crippen LogP contribution in [0.2, 0.25) is 0 Å². The normalized spacial score (nSPS) is 11.5. The predicted molar refractivity (Wildman–Crippen MR) is 190 cm³/mol. The molecule has 0 aliphatic rings. The summed E-state index contributed by atoms with van der Waals surface area (Å²) in [6.07, 6.45) is 13.2. The largest absolute Gasteiger partial charge is 2.00 e. The number of benzene rings is 2. The third-order valence-electron chi connectivity index (χ3n) is 8.08. The van der Waals surface area contributed by atoms with Crippen LogP contribution in [0.1, 0.15) is 144 Å². The van der Waals surface area contributed by atoms with Gasteiger partial charge in [-0.25, -0.2) is 4.98 Å². The summed E-state index contributed by atoms with van der Waals surface area (Å²) in [5.74, 6) is 0. The number of pyridine rings is 1. The molecule has 1 aromatic heterocycles. The van der Waals surface area contributed by atoms with Crippen LogP contribution in [0.3, 0.4) is 0 Å². The van der Waals surface area contributed by atoms with E-state index in [1.165, 1.54) is 51.8 Å². The number of hydrogen-bond acceptors (Lipinski definition) is 3. The number of aromatic nitrogens is 1. The second-order valence-corrected chi connectivity index (χ2v) is 12.3. The van der Waals surface area contributed by atoms with Gasteiger partial charge in [0.25, 0.3) is 0 Å². The van der Waals surface area contributed by atoms with Crippen molar-refractivity contribution in [2.24, 2.45) is 9.98 Å². The molecule has 2 aromatic carbocycles. The minimum Gasteiger partial charge on any atom is -1.00 e. The molecule has 6 heteroatoms. The van der Waals surface area contributed by atoms with Crippen LogP contribution in [0.15, 0.2) is 46.4 Å². The van der Waals surface area contributed by atoms with Gasteiger partial charge in [-0.1, -0.05) is 104 Å². The Labute approximate surface area is 305 Å². The standard InChI is InChI=1S/C40H57N3.2ClH.V/c1-10-16-31-24-33(18-12-3)39(34(25-31)19-13-4)41-29(8)37-22-28(7)23-38(43-37)30(9)42-40-35(20-14-5)26-32(17-11-2)27-36(40)21-15-6;;;/h22-27H,10-21H2,1-9H3;2*1H;/q;;;+2/p-2.